The summed E-state index contributed by atoms with van der Waals surface area (Å²) in [5.41, 5.74) is -1.14. The number of hydrogen-bond acceptors (Lipinski definition) is 3. The maximum absolute atomic E-state index is 13.6. The number of carboxylic acid groups (broad SMARTS) is 1. The van der Waals surface area contributed by atoms with E-state index >= 15 is 0 Å². The molecule has 1 aromatic heterocycles. The number of rotatable bonds is 3. The van der Waals surface area contributed by atoms with Crippen LogP contribution in [0.15, 0.2) is 6.07 Å². The van der Waals surface area contributed by atoms with Crippen molar-refractivity contribution in [2.45, 2.75) is 13.3 Å². The molecule has 0 bridgehead atoms. The summed E-state index contributed by atoms with van der Waals surface area (Å²) in [7, 11) is 0. The molecule has 0 amide bonds. The minimum absolute atomic E-state index is 0.0504. The number of aromatic carboxylic acids is 1. The SMILES string of the molecule is CCc1nc(C(=O)O)nn1-c1c(F)c(F)cc(F)c1F. The summed E-state index contributed by atoms with van der Waals surface area (Å²) < 4.78 is 54.0. The largest absolute Gasteiger partial charge is 0.475 e. The van der Waals surface area contributed by atoms with E-state index in [9.17, 15) is 22.4 Å². The lowest BCUT2D eigenvalue weighted by Crippen LogP contribution is -2.11. The molecule has 0 fully saturated rings. The van der Waals surface area contributed by atoms with Crippen molar-refractivity contribution < 1.29 is 27.5 Å². The van der Waals surface area contributed by atoms with Crippen LogP contribution in [0.2, 0.25) is 0 Å². The molecule has 0 saturated heterocycles. The van der Waals surface area contributed by atoms with Crippen LogP contribution in [0, 0.1) is 23.3 Å². The number of aryl methyl sites for hydroxylation is 1. The van der Waals surface area contributed by atoms with E-state index < -0.39 is 40.7 Å². The molecule has 0 aliphatic heterocycles. The molecule has 1 heterocycles. The third kappa shape index (κ3) is 2.10. The van der Waals surface area contributed by atoms with E-state index in [2.05, 4.69) is 10.1 Å². The number of benzene rings is 1. The zero-order chi connectivity index (χ0) is 15.0. The average molecular weight is 289 g/mol. The van der Waals surface area contributed by atoms with Gasteiger partial charge in [0.1, 0.15) is 11.5 Å². The van der Waals surface area contributed by atoms with Crippen LogP contribution in [0.3, 0.4) is 0 Å². The lowest BCUT2D eigenvalue weighted by atomic mass is 10.2. The maximum Gasteiger partial charge on any atom is 0.375 e. The lowest BCUT2D eigenvalue weighted by molar-refractivity contribution is 0.0683. The smallest absolute Gasteiger partial charge is 0.375 e. The fraction of sp³-hybridized carbons (Fsp3) is 0.182. The molecule has 106 valence electrons. The molecule has 5 nitrogen and oxygen atoms in total. The second-order valence-corrected chi connectivity index (χ2v) is 3.74. The van der Waals surface area contributed by atoms with Crippen molar-refractivity contribution in [2.75, 3.05) is 0 Å². The van der Waals surface area contributed by atoms with Gasteiger partial charge in [-0.3, -0.25) is 0 Å². The van der Waals surface area contributed by atoms with Crippen molar-refractivity contribution in [2.24, 2.45) is 0 Å². The quantitative estimate of drug-likeness (QED) is 0.694. The average Bonchev–Trinajstić information content (AvgIpc) is 2.81. The summed E-state index contributed by atoms with van der Waals surface area (Å²) >= 11 is 0. The molecule has 1 aromatic carbocycles. The highest BCUT2D eigenvalue weighted by molar-refractivity contribution is 5.83. The normalized spacial score (nSPS) is 10.8. The number of aromatic nitrogens is 3. The van der Waals surface area contributed by atoms with Crippen LogP contribution in [-0.2, 0) is 6.42 Å². The second kappa shape index (κ2) is 4.91. The van der Waals surface area contributed by atoms with Crippen LogP contribution < -0.4 is 0 Å². The first kappa shape index (κ1) is 14.0. The van der Waals surface area contributed by atoms with Crippen molar-refractivity contribution in [1.29, 1.82) is 0 Å². The van der Waals surface area contributed by atoms with Gasteiger partial charge in [-0.1, -0.05) is 6.92 Å². The summed E-state index contributed by atoms with van der Waals surface area (Å²) in [6.45, 7) is 1.51. The maximum atomic E-state index is 13.6. The molecule has 0 aliphatic rings. The summed E-state index contributed by atoms with van der Waals surface area (Å²) in [5.74, 6) is -9.01. The third-order valence-electron chi connectivity index (χ3n) is 2.48. The number of carbonyl (C=O) groups is 1. The minimum atomic E-state index is -1.68. The number of halogens is 4. The molecule has 0 saturated carbocycles. The molecular weight excluding hydrogens is 282 g/mol. The molecule has 0 aliphatic carbocycles. The Labute approximate surface area is 109 Å². The van der Waals surface area contributed by atoms with Crippen LogP contribution in [0.5, 0.6) is 0 Å². The van der Waals surface area contributed by atoms with Crippen LogP contribution in [0.25, 0.3) is 5.69 Å². The van der Waals surface area contributed by atoms with E-state index in [1.165, 1.54) is 6.92 Å². The highest BCUT2D eigenvalue weighted by Gasteiger charge is 2.25. The highest BCUT2D eigenvalue weighted by atomic mass is 19.2. The van der Waals surface area contributed by atoms with Gasteiger partial charge in [-0.2, -0.15) is 0 Å². The van der Waals surface area contributed by atoms with E-state index in [0.29, 0.717) is 4.68 Å². The van der Waals surface area contributed by atoms with E-state index in [1.54, 1.807) is 0 Å². The number of carboxylic acids is 1. The Balaban J connectivity index is 2.77. The Bertz CT molecular complexity index is 673. The molecule has 9 heteroatoms. The first-order valence-corrected chi connectivity index (χ1v) is 5.39. The molecule has 0 unspecified atom stereocenters. The highest BCUT2D eigenvalue weighted by Crippen LogP contribution is 2.23. The molecule has 2 rings (SSSR count). The Morgan fingerprint density at radius 3 is 2.25 bits per heavy atom. The zero-order valence-corrected chi connectivity index (χ0v) is 9.99. The van der Waals surface area contributed by atoms with Gasteiger partial charge in [-0.05, 0) is 0 Å². The Hall–Kier alpha value is -2.45. The molecule has 0 radical (unpaired) electrons. The number of nitrogens with zero attached hydrogens (tertiary/aromatic N) is 3. The predicted octanol–water partition coefficient (Wildman–Crippen LogP) is 2.08. The van der Waals surface area contributed by atoms with Crippen molar-refractivity contribution in [3.8, 4) is 5.69 Å². The predicted molar refractivity (Wildman–Crippen MR) is 57.5 cm³/mol. The lowest BCUT2D eigenvalue weighted by Gasteiger charge is -2.08. The van der Waals surface area contributed by atoms with Gasteiger partial charge >= 0.3 is 5.97 Å². The zero-order valence-electron chi connectivity index (χ0n) is 9.99. The van der Waals surface area contributed by atoms with Gasteiger partial charge in [0.25, 0.3) is 5.82 Å². The van der Waals surface area contributed by atoms with Crippen molar-refractivity contribution in [1.82, 2.24) is 14.8 Å². The second-order valence-electron chi connectivity index (χ2n) is 3.74. The minimum Gasteiger partial charge on any atom is -0.475 e. The fourth-order valence-corrected chi connectivity index (χ4v) is 1.59. The summed E-state index contributed by atoms with van der Waals surface area (Å²) in [4.78, 5) is 14.3. The van der Waals surface area contributed by atoms with Gasteiger partial charge in [-0.15, -0.1) is 5.10 Å². The Morgan fingerprint density at radius 1 is 1.25 bits per heavy atom. The Kier molecular flexibility index (Phi) is 3.43. The van der Waals surface area contributed by atoms with E-state index in [4.69, 9.17) is 5.11 Å². The molecule has 20 heavy (non-hydrogen) atoms. The van der Waals surface area contributed by atoms with Crippen molar-refractivity contribution in [3.05, 3.63) is 41.0 Å². The summed E-state index contributed by atoms with van der Waals surface area (Å²) in [6, 6.07) is 0.0504. The van der Waals surface area contributed by atoms with Crippen LogP contribution in [-0.4, -0.2) is 25.8 Å². The summed E-state index contributed by atoms with van der Waals surface area (Å²) in [5, 5.41) is 12.1. The van der Waals surface area contributed by atoms with E-state index in [1.807, 2.05) is 0 Å². The van der Waals surface area contributed by atoms with E-state index in [-0.39, 0.29) is 18.3 Å². The monoisotopic (exact) mass is 289 g/mol. The first-order valence-electron chi connectivity index (χ1n) is 5.39. The van der Waals surface area contributed by atoms with Gasteiger partial charge in [0.05, 0.1) is 0 Å². The van der Waals surface area contributed by atoms with Gasteiger partial charge in [0, 0.05) is 12.5 Å². The molecule has 0 spiro atoms. The van der Waals surface area contributed by atoms with Crippen LogP contribution >= 0.6 is 0 Å². The fourth-order valence-electron chi connectivity index (χ4n) is 1.59. The van der Waals surface area contributed by atoms with Gasteiger partial charge < -0.3 is 5.11 Å². The Morgan fingerprint density at radius 2 is 1.80 bits per heavy atom. The standard InChI is InChI=1S/C11H7F4N3O2/c1-2-6-16-10(11(19)20)17-18(6)9-7(14)4(12)3-5(13)8(9)15/h3H,2H2,1H3,(H,19,20). The molecule has 2 aromatic rings. The summed E-state index contributed by atoms with van der Waals surface area (Å²) in [6.07, 6.45) is 0.0529. The van der Waals surface area contributed by atoms with Gasteiger partial charge in [0.2, 0.25) is 0 Å². The topological polar surface area (TPSA) is 68.0 Å². The molecule has 1 N–H and O–H groups in total. The van der Waals surface area contributed by atoms with Gasteiger partial charge in [-0.25, -0.2) is 32.0 Å². The molecular formula is C11H7F4N3O2. The van der Waals surface area contributed by atoms with Crippen molar-refractivity contribution >= 4 is 5.97 Å². The van der Waals surface area contributed by atoms with E-state index in [0.717, 1.165) is 0 Å². The third-order valence-corrected chi connectivity index (χ3v) is 2.48. The van der Waals surface area contributed by atoms with Gasteiger partial charge in [0.15, 0.2) is 23.3 Å². The molecule has 0 atom stereocenters. The van der Waals surface area contributed by atoms with Crippen LogP contribution in [0.1, 0.15) is 23.4 Å². The number of hydrogen-bond donors (Lipinski definition) is 1. The van der Waals surface area contributed by atoms with Crippen LogP contribution in [0.4, 0.5) is 17.6 Å². The first-order chi connectivity index (χ1) is 9.36. The van der Waals surface area contributed by atoms with Crippen molar-refractivity contribution in [3.63, 3.8) is 0 Å².